The minimum absolute atomic E-state index is 0.0769. The fourth-order valence-corrected chi connectivity index (χ4v) is 5.65. The van der Waals surface area contributed by atoms with Crippen molar-refractivity contribution in [3.8, 4) is 0 Å². The highest BCUT2D eigenvalue weighted by Crippen LogP contribution is 2.41. The Bertz CT molecular complexity index is 985. The van der Waals surface area contributed by atoms with Gasteiger partial charge in [-0.3, -0.25) is 0 Å². The zero-order chi connectivity index (χ0) is 23.4. The molecule has 0 bridgehead atoms. The van der Waals surface area contributed by atoms with Gasteiger partial charge in [0.15, 0.2) is 5.11 Å². The fourth-order valence-electron chi connectivity index (χ4n) is 5.36. The Balaban J connectivity index is 1.30. The molecule has 1 aromatic carbocycles. The van der Waals surface area contributed by atoms with Crippen molar-refractivity contribution in [2.24, 2.45) is 0 Å². The number of hydrogen-bond donors (Lipinski definition) is 2. The monoisotopic (exact) mass is 500 g/mol. The van der Waals surface area contributed by atoms with Crippen LogP contribution in [-0.2, 0) is 10.2 Å². The molecule has 3 fully saturated rings. The molecule has 0 radical (unpaired) electrons. The molecule has 7 nitrogen and oxygen atoms in total. The molecule has 0 amide bonds. The number of halogens is 1. The zero-order valence-electron chi connectivity index (χ0n) is 19.6. The van der Waals surface area contributed by atoms with E-state index in [9.17, 15) is 0 Å². The lowest BCUT2D eigenvalue weighted by molar-refractivity contribution is 0.122. The van der Waals surface area contributed by atoms with Crippen molar-refractivity contribution in [2.75, 3.05) is 61.1 Å². The molecule has 2 saturated heterocycles. The molecular weight excluding hydrogens is 468 g/mol. The van der Waals surface area contributed by atoms with Gasteiger partial charge in [-0.2, -0.15) is 9.97 Å². The van der Waals surface area contributed by atoms with Crippen LogP contribution >= 0.6 is 23.8 Å². The van der Waals surface area contributed by atoms with Crippen molar-refractivity contribution >= 4 is 46.5 Å². The Morgan fingerprint density at radius 1 is 0.941 bits per heavy atom. The van der Waals surface area contributed by atoms with Gasteiger partial charge >= 0.3 is 0 Å². The summed E-state index contributed by atoms with van der Waals surface area (Å²) >= 11 is 11.8. The fraction of sp³-hybridized carbons (Fsp3) is 0.560. The van der Waals surface area contributed by atoms with E-state index >= 15 is 0 Å². The molecule has 182 valence electrons. The van der Waals surface area contributed by atoms with Gasteiger partial charge in [-0.05, 0) is 55.6 Å². The first-order chi connectivity index (χ1) is 16.6. The molecule has 9 heteroatoms. The molecule has 3 aliphatic rings. The predicted octanol–water partition coefficient (Wildman–Crippen LogP) is 4.37. The first-order valence-electron chi connectivity index (χ1n) is 12.4. The first kappa shape index (κ1) is 23.6. The Morgan fingerprint density at radius 2 is 1.56 bits per heavy atom. The van der Waals surface area contributed by atoms with Crippen LogP contribution in [0.2, 0.25) is 5.02 Å². The van der Waals surface area contributed by atoms with Crippen molar-refractivity contribution in [3.63, 3.8) is 0 Å². The lowest BCUT2D eigenvalue weighted by Gasteiger charge is -2.31. The van der Waals surface area contributed by atoms with Gasteiger partial charge in [-0.25, -0.2) is 0 Å². The Morgan fingerprint density at radius 3 is 2.21 bits per heavy atom. The molecule has 3 heterocycles. The third kappa shape index (κ3) is 5.39. The second-order valence-electron chi connectivity index (χ2n) is 9.50. The van der Waals surface area contributed by atoms with Crippen molar-refractivity contribution in [1.82, 2.24) is 15.3 Å². The number of ether oxygens (including phenoxy) is 1. The maximum atomic E-state index is 6.14. The summed E-state index contributed by atoms with van der Waals surface area (Å²) in [6.07, 6.45) is 7.15. The van der Waals surface area contributed by atoms with Gasteiger partial charge in [0, 0.05) is 49.2 Å². The number of nitrogens with zero attached hydrogens (tertiary/aromatic N) is 4. The van der Waals surface area contributed by atoms with E-state index in [2.05, 4.69) is 38.6 Å². The average molecular weight is 501 g/mol. The molecule has 0 atom stereocenters. The van der Waals surface area contributed by atoms with E-state index < -0.39 is 0 Å². The van der Waals surface area contributed by atoms with Crippen LogP contribution in [0.25, 0.3) is 0 Å². The number of thiocarbonyl (C=S) groups is 1. The molecule has 1 aromatic heterocycles. The zero-order valence-corrected chi connectivity index (χ0v) is 21.1. The van der Waals surface area contributed by atoms with Crippen LogP contribution < -0.4 is 20.4 Å². The van der Waals surface area contributed by atoms with E-state index in [1.54, 1.807) is 0 Å². The summed E-state index contributed by atoms with van der Waals surface area (Å²) in [6, 6.07) is 10.4. The number of nitrogens with one attached hydrogen (secondary N) is 2. The number of morpholine rings is 1. The largest absolute Gasteiger partial charge is 0.378 e. The summed E-state index contributed by atoms with van der Waals surface area (Å²) in [5.74, 6) is 2.45. The van der Waals surface area contributed by atoms with Gasteiger partial charge in [0.05, 0.1) is 13.2 Å². The lowest BCUT2D eigenvalue weighted by atomic mass is 9.79. The van der Waals surface area contributed by atoms with Gasteiger partial charge in [-0.1, -0.05) is 36.6 Å². The maximum Gasteiger partial charge on any atom is 0.232 e. The van der Waals surface area contributed by atoms with E-state index in [1.807, 2.05) is 12.1 Å². The van der Waals surface area contributed by atoms with E-state index in [0.29, 0.717) is 11.1 Å². The van der Waals surface area contributed by atoms with Crippen molar-refractivity contribution < 1.29 is 4.74 Å². The van der Waals surface area contributed by atoms with E-state index in [4.69, 9.17) is 38.5 Å². The van der Waals surface area contributed by atoms with Crippen molar-refractivity contribution in [2.45, 2.75) is 43.9 Å². The highest BCUT2D eigenvalue weighted by molar-refractivity contribution is 7.80. The number of benzene rings is 1. The maximum absolute atomic E-state index is 6.14. The highest BCUT2D eigenvalue weighted by Gasteiger charge is 2.35. The molecular formula is C25H33ClN6OS. The molecule has 1 saturated carbocycles. The van der Waals surface area contributed by atoms with Gasteiger partial charge in [0.1, 0.15) is 11.6 Å². The van der Waals surface area contributed by atoms with Crippen LogP contribution in [0.4, 0.5) is 17.6 Å². The van der Waals surface area contributed by atoms with Gasteiger partial charge < -0.3 is 25.2 Å². The number of anilines is 3. The third-order valence-electron chi connectivity index (χ3n) is 7.29. The Labute approximate surface area is 212 Å². The first-order valence-corrected chi connectivity index (χ1v) is 13.2. The summed E-state index contributed by atoms with van der Waals surface area (Å²) in [7, 11) is 0. The smallest absolute Gasteiger partial charge is 0.232 e. The normalized spacial score (nSPS) is 19.9. The second kappa shape index (κ2) is 10.6. The highest BCUT2D eigenvalue weighted by atomic mass is 35.5. The second-order valence-corrected chi connectivity index (χ2v) is 10.3. The van der Waals surface area contributed by atoms with Gasteiger partial charge in [0.2, 0.25) is 5.95 Å². The number of rotatable bonds is 6. The molecule has 5 rings (SSSR count). The SMILES string of the molecule is S=C(NCC1(c2ccc(Cl)cc2)CCCC1)Nc1nc(N2CCCC2)cc(N2CCOCC2)n1. The summed E-state index contributed by atoms with van der Waals surface area (Å²) < 4.78 is 5.53. The number of aromatic nitrogens is 2. The Hall–Kier alpha value is -2.16. The summed E-state index contributed by atoms with van der Waals surface area (Å²) in [5, 5.41) is 8.09. The van der Waals surface area contributed by atoms with Gasteiger partial charge in [0.25, 0.3) is 0 Å². The lowest BCUT2D eigenvalue weighted by Crippen LogP contribution is -2.41. The molecule has 2 N–H and O–H groups in total. The van der Waals surface area contributed by atoms with Crippen molar-refractivity contribution in [1.29, 1.82) is 0 Å². The van der Waals surface area contributed by atoms with Crippen LogP contribution in [0.1, 0.15) is 44.1 Å². The number of hydrogen-bond acceptors (Lipinski definition) is 6. The molecule has 0 spiro atoms. The van der Waals surface area contributed by atoms with E-state index in [1.165, 1.54) is 31.2 Å². The minimum Gasteiger partial charge on any atom is -0.378 e. The standard InChI is InChI=1S/C25H33ClN6OS/c26-20-7-5-19(6-8-20)25(9-1-2-10-25)18-27-24(34)30-23-28-21(31-11-3-4-12-31)17-22(29-23)32-13-15-33-16-14-32/h5-8,17H,1-4,9-16,18H2,(H2,27,28,29,30,34). The molecule has 2 aliphatic heterocycles. The molecule has 2 aromatic rings. The van der Waals surface area contributed by atoms with Crippen LogP contribution in [0.3, 0.4) is 0 Å². The van der Waals surface area contributed by atoms with Crippen LogP contribution in [0, 0.1) is 0 Å². The molecule has 34 heavy (non-hydrogen) atoms. The summed E-state index contributed by atoms with van der Waals surface area (Å²) in [6.45, 7) is 5.96. The van der Waals surface area contributed by atoms with E-state index in [0.717, 1.165) is 75.4 Å². The Kier molecular flexibility index (Phi) is 7.37. The van der Waals surface area contributed by atoms with Crippen LogP contribution in [0.5, 0.6) is 0 Å². The predicted molar refractivity (Wildman–Crippen MR) is 142 cm³/mol. The average Bonchev–Trinajstić information content (AvgIpc) is 3.57. The topological polar surface area (TPSA) is 65.6 Å². The van der Waals surface area contributed by atoms with Crippen molar-refractivity contribution in [3.05, 3.63) is 40.9 Å². The van der Waals surface area contributed by atoms with Gasteiger partial charge in [-0.15, -0.1) is 0 Å². The van der Waals surface area contributed by atoms with E-state index in [-0.39, 0.29) is 5.41 Å². The molecule has 0 unspecified atom stereocenters. The minimum atomic E-state index is 0.0769. The third-order valence-corrected chi connectivity index (χ3v) is 7.79. The van der Waals surface area contributed by atoms with Crippen LogP contribution in [0.15, 0.2) is 30.3 Å². The summed E-state index contributed by atoms with van der Waals surface area (Å²) in [5.41, 5.74) is 1.40. The quantitative estimate of drug-likeness (QED) is 0.567. The van der Waals surface area contributed by atoms with Crippen LogP contribution in [-0.4, -0.2) is 61.0 Å². The summed E-state index contributed by atoms with van der Waals surface area (Å²) in [4.78, 5) is 14.2. The molecule has 1 aliphatic carbocycles.